The van der Waals surface area contributed by atoms with E-state index in [-0.39, 0.29) is 16.1 Å². The summed E-state index contributed by atoms with van der Waals surface area (Å²) >= 11 is 0. The van der Waals surface area contributed by atoms with Crippen molar-refractivity contribution in [2.24, 2.45) is 0 Å². The van der Waals surface area contributed by atoms with Crippen molar-refractivity contribution in [2.45, 2.75) is 37.6 Å². The van der Waals surface area contributed by atoms with Gasteiger partial charge in [0, 0.05) is 0 Å². The molecule has 0 unspecified atom stereocenters. The molecule has 1 aromatic carbocycles. The Hall–Kier alpha value is -2.42. The average Bonchev–Trinajstić information content (AvgIpc) is 2.83. The van der Waals surface area contributed by atoms with Crippen LogP contribution in [0.5, 0.6) is 0 Å². The molecule has 2 aromatic rings. The second-order valence-corrected chi connectivity index (χ2v) is 7.72. The third kappa shape index (κ3) is 4.28. The lowest BCUT2D eigenvalue weighted by Crippen LogP contribution is -2.16. The molecule has 0 fully saturated rings. The number of hydrogen-bond donors (Lipinski definition) is 2. The molecule has 1 aromatic heterocycles. The first-order valence-corrected chi connectivity index (χ1v) is 8.31. The second kappa shape index (κ2) is 5.99. The van der Waals surface area contributed by atoms with Gasteiger partial charge in [-0.2, -0.15) is 9.90 Å². The van der Waals surface area contributed by atoms with Gasteiger partial charge in [-0.25, -0.2) is 8.42 Å². The van der Waals surface area contributed by atoms with E-state index >= 15 is 0 Å². The van der Waals surface area contributed by atoms with Crippen molar-refractivity contribution in [3.8, 4) is 0 Å². The van der Waals surface area contributed by atoms with Crippen LogP contribution >= 0.6 is 0 Å². The van der Waals surface area contributed by atoms with Crippen molar-refractivity contribution < 1.29 is 18.3 Å². The van der Waals surface area contributed by atoms with Crippen LogP contribution in [0.1, 0.15) is 26.3 Å². The summed E-state index contributed by atoms with van der Waals surface area (Å²) in [6.07, 6.45) is 1.16. The number of nitrogens with one attached hydrogen (secondary N) is 1. The van der Waals surface area contributed by atoms with Crippen LogP contribution in [0.25, 0.3) is 0 Å². The van der Waals surface area contributed by atoms with E-state index in [9.17, 15) is 13.2 Å². The van der Waals surface area contributed by atoms with E-state index < -0.39 is 22.5 Å². The number of carboxylic acid groups (broad SMARTS) is 1. The van der Waals surface area contributed by atoms with Gasteiger partial charge in [0.1, 0.15) is 0 Å². The average molecular weight is 338 g/mol. The molecule has 0 spiro atoms. The zero-order valence-electron chi connectivity index (χ0n) is 13.0. The summed E-state index contributed by atoms with van der Waals surface area (Å²) in [7, 11) is -3.80. The first-order valence-electron chi connectivity index (χ1n) is 6.83. The standard InChI is InChI=1S/C14H18N4O4S/c1-14(2,3)10-4-6-11(7-5-10)23(21,22)17-12-8-15-18(16-12)9-13(19)20/h4-8H,9H2,1-3H3,(H,16,17)(H,19,20). The molecule has 0 saturated heterocycles. The van der Waals surface area contributed by atoms with Gasteiger partial charge in [0.15, 0.2) is 12.4 Å². The van der Waals surface area contributed by atoms with Gasteiger partial charge in [0.2, 0.25) is 0 Å². The van der Waals surface area contributed by atoms with Crippen LogP contribution in [0.3, 0.4) is 0 Å². The quantitative estimate of drug-likeness (QED) is 0.853. The van der Waals surface area contributed by atoms with Crippen molar-refractivity contribution >= 4 is 21.8 Å². The van der Waals surface area contributed by atoms with Crippen molar-refractivity contribution in [2.75, 3.05) is 4.72 Å². The van der Waals surface area contributed by atoms with Gasteiger partial charge < -0.3 is 5.11 Å². The maximum atomic E-state index is 12.3. The molecule has 23 heavy (non-hydrogen) atoms. The third-order valence-corrected chi connectivity index (χ3v) is 4.45. The van der Waals surface area contributed by atoms with Crippen LogP contribution in [0, 0.1) is 0 Å². The number of rotatable bonds is 5. The molecule has 2 N–H and O–H groups in total. The number of sulfonamides is 1. The molecule has 2 rings (SSSR count). The molecule has 0 radical (unpaired) electrons. The van der Waals surface area contributed by atoms with Gasteiger partial charge >= 0.3 is 5.97 Å². The fraction of sp³-hybridized carbons (Fsp3) is 0.357. The third-order valence-electron chi connectivity index (χ3n) is 3.08. The number of benzene rings is 1. The normalized spacial score (nSPS) is 12.1. The molecule has 0 saturated carbocycles. The second-order valence-electron chi connectivity index (χ2n) is 6.03. The minimum absolute atomic E-state index is 0.0360. The number of carboxylic acids is 1. The number of aromatic nitrogens is 3. The Labute approximate surface area is 134 Å². The Morgan fingerprint density at radius 1 is 1.26 bits per heavy atom. The van der Waals surface area contributed by atoms with E-state index in [0.29, 0.717) is 0 Å². The minimum atomic E-state index is -3.80. The Morgan fingerprint density at radius 2 is 1.87 bits per heavy atom. The highest BCUT2D eigenvalue weighted by molar-refractivity contribution is 7.92. The van der Waals surface area contributed by atoms with E-state index in [1.807, 2.05) is 20.8 Å². The predicted molar refractivity (Wildman–Crippen MR) is 83.6 cm³/mol. The number of hydrogen-bond acceptors (Lipinski definition) is 5. The fourth-order valence-corrected chi connectivity index (χ4v) is 2.85. The number of nitrogens with zero attached hydrogens (tertiary/aromatic N) is 3. The highest BCUT2D eigenvalue weighted by atomic mass is 32.2. The van der Waals surface area contributed by atoms with Crippen LogP contribution in [-0.2, 0) is 26.8 Å². The molecular weight excluding hydrogens is 320 g/mol. The number of carbonyl (C=O) groups is 1. The molecule has 8 nitrogen and oxygen atoms in total. The summed E-state index contributed by atoms with van der Waals surface area (Å²) < 4.78 is 26.9. The van der Waals surface area contributed by atoms with Crippen LogP contribution in [0.15, 0.2) is 35.4 Å². The molecule has 0 aliphatic rings. The summed E-state index contributed by atoms with van der Waals surface area (Å²) in [4.78, 5) is 11.5. The summed E-state index contributed by atoms with van der Waals surface area (Å²) in [5.41, 5.74) is 0.943. The number of aliphatic carboxylic acids is 1. The van der Waals surface area contributed by atoms with Gasteiger partial charge in [-0.3, -0.25) is 9.52 Å². The maximum absolute atomic E-state index is 12.3. The largest absolute Gasteiger partial charge is 0.480 e. The summed E-state index contributed by atoms with van der Waals surface area (Å²) in [6, 6.07) is 6.56. The van der Waals surface area contributed by atoms with Gasteiger partial charge in [-0.05, 0) is 23.1 Å². The monoisotopic (exact) mass is 338 g/mol. The highest BCUT2D eigenvalue weighted by Crippen LogP contribution is 2.24. The van der Waals surface area contributed by atoms with E-state index in [0.717, 1.165) is 16.6 Å². The predicted octanol–water partition coefficient (Wildman–Crippen LogP) is 1.46. The molecule has 124 valence electrons. The molecule has 0 atom stereocenters. The van der Waals surface area contributed by atoms with E-state index in [2.05, 4.69) is 14.9 Å². The van der Waals surface area contributed by atoms with Gasteiger partial charge in [0.05, 0.1) is 11.1 Å². The lowest BCUT2D eigenvalue weighted by atomic mass is 9.87. The fourth-order valence-electron chi connectivity index (χ4n) is 1.87. The molecule has 0 aliphatic carbocycles. The lowest BCUT2D eigenvalue weighted by Gasteiger charge is -2.19. The smallest absolute Gasteiger partial charge is 0.327 e. The van der Waals surface area contributed by atoms with Crippen LogP contribution in [-0.4, -0.2) is 34.5 Å². The maximum Gasteiger partial charge on any atom is 0.327 e. The van der Waals surface area contributed by atoms with Gasteiger partial charge in [-0.1, -0.05) is 32.9 Å². The van der Waals surface area contributed by atoms with Crippen molar-refractivity contribution in [3.63, 3.8) is 0 Å². The molecule has 9 heteroatoms. The van der Waals surface area contributed by atoms with E-state index in [1.54, 1.807) is 12.1 Å². The minimum Gasteiger partial charge on any atom is -0.480 e. The lowest BCUT2D eigenvalue weighted by molar-refractivity contribution is -0.138. The zero-order chi connectivity index (χ0) is 17.3. The van der Waals surface area contributed by atoms with E-state index in [4.69, 9.17) is 5.11 Å². The molecule has 0 bridgehead atoms. The van der Waals surface area contributed by atoms with Crippen LogP contribution in [0.4, 0.5) is 5.82 Å². The first-order chi connectivity index (χ1) is 10.6. The SMILES string of the molecule is CC(C)(C)c1ccc(S(=O)(=O)Nc2cnn(CC(=O)O)n2)cc1. The first kappa shape index (κ1) is 16.9. The highest BCUT2D eigenvalue weighted by Gasteiger charge is 2.19. The van der Waals surface area contributed by atoms with E-state index in [1.165, 1.54) is 12.1 Å². The topological polar surface area (TPSA) is 114 Å². The number of anilines is 1. The van der Waals surface area contributed by atoms with Crippen molar-refractivity contribution in [1.82, 2.24) is 15.0 Å². The summed E-state index contributed by atoms with van der Waals surface area (Å²) in [5.74, 6) is -1.15. The Balaban J connectivity index is 2.18. The molecular formula is C14H18N4O4S. The Morgan fingerprint density at radius 3 is 2.39 bits per heavy atom. The molecule has 0 amide bonds. The van der Waals surface area contributed by atoms with Gasteiger partial charge in [-0.15, -0.1) is 5.10 Å². The molecule has 0 aliphatic heterocycles. The van der Waals surface area contributed by atoms with Crippen molar-refractivity contribution in [1.29, 1.82) is 0 Å². The Kier molecular flexibility index (Phi) is 4.42. The van der Waals surface area contributed by atoms with Gasteiger partial charge in [0.25, 0.3) is 10.0 Å². The summed E-state index contributed by atoms with van der Waals surface area (Å²) in [6.45, 7) is 5.67. The van der Waals surface area contributed by atoms with Crippen LogP contribution in [0.2, 0.25) is 0 Å². The van der Waals surface area contributed by atoms with Crippen LogP contribution < -0.4 is 4.72 Å². The summed E-state index contributed by atoms with van der Waals surface area (Å²) in [5, 5.41) is 16.1. The zero-order valence-corrected chi connectivity index (χ0v) is 13.8. The Bertz CT molecular complexity index is 804. The molecule has 1 heterocycles. The van der Waals surface area contributed by atoms with Crippen molar-refractivity contribution in [3.05, 3.63) is 36.0 Å².